The molecular formula is C30H37FN4O4S. The molecule has 0 radical (unpaired) electrons. The maximum absolute atomic E-state index is 15.3. The van der Waals surface area contributed by atoms with Crippen LogP contribution in [0.2, 0.25) is 0 Å². The van der Waals surface area contributed by atoms with Crippen LogP contribution in [0.4, 0.5) is 4.39 Å². The maximum atomic E-state index is 15.3. The Kier molecular flexibility index (Phi) is 8.38. The molecule has 0 unspecified atom stereocenters. The predicted molar refractivity (Wildman–Crippen MR) is 152 cm³/mol. The highest BCUT2D eigenvalue weighted by Crippen LogP contribution is 2.40. The molecule has 1 saturated carbocycles. The van der Waals surface area contributed by atoms with Gasteiger partial charge in [-0.05, 0) is 46.9 Å². The molecule has 8 nitrogen and oxygen atoms in total. The van der Waals surface area contributed by atoms with Crippen molar-refractivity contribution in [1.29, 1.82) is 0 Å². The summed E-state index contributed by atoms with van der Waals surface area (Å²) in [5.41, 5.74) is 1.13. The van der Waals surface area contributed by atoms with Crippen molar-refractivity contribution in [2.24, 2.45) is 5.41 Å². The van der Waals surface area contributed by atoms with Gasteiger partial charge in [0.1, 0.15) is 18.2 Å². The van der Waals surface area contributed by atoms with Crippen molar-refractivity contribution in [3.63, 3.8) is 0 Å². The average Bonchev–Trinajstić information content (AvgIpc) is 3.52. The largest absolute Gasteiger partial charge is 0.388 e. The van der Waals surface area contributed by atoms with Gasteiger partial charge in [-0.3, -0.25) is 19.2 Å². The molecule has 40 heavy (non-hydrogen) atoms. The molecule has 5 atom stereocenters. The predicted octanol–water partition coefficient (Wildman–Crippen LogP) is 4.18. The van der Waals surface area contributed by atoms with Gasteiger partial charge in [0.2, 0.25) is 11.8 Å². The summed E-state index contributed by atoms with van der Waals surface area (Å²) in [6, 6.07) is 6.80. The number of hydrogen-bond acceptors (Lipinski definition) is 5. The summed E-state index contributed by atoms with van der Waals surface area (Å²) in [4.78, 5) is 45.7. The minimum Gasteiger partial charge on any atom is -0.388 e. The Labute approximate surface area is 238 Å². The molecule has 1 saturated heterocycles. The van der Waals surface area contributed by atoms with Gasteiger partial charge in [0.05, 0.1) is 12.6 Å². The quantitative estimate of drug-likeness (QED) is 0.416. The fourth-order valence-corrected chi connectivity index (χ4v) is 6.05. The zero-order valence-corrected chi connectivity index (χ0v) is 24.3. The van der Waals surface area contributed by atoms with E-state index in [-0.39, 0.29) is 6.54 Å². The molecule has 3 N–H and O–H groups in total. The van der Waals surface area contributed by atoms with Crippen molar-refractivity contribution in [2.45, 2.75) is 89.8 Å². The summed E-state index contributed by atoms with van der Waals surface area (Å²) in [7, 11) is 0. The van der Waals surface area contributed by atoms with Crippen molar-refractivity contribution in [2.75, 3.05) is 6.54 Å². The normalized spacial score (nSPS) is 23.1. The number of nitrogens with one attached hydrogen (secondary N) is 2. The smallest absolute Gasteiger partial charge is 0.309 e. The number of β-amino-alcohol motifs (C(OH)–C–C–N with tert-alkyl or cyclic N) is 1. The molecule has 2 fully saturated rings. The Morgan fingerprint density at radius 2 is 1.85 bits per heavy atom. The minimum atomic E-state index is -1.99. The number of aliphatic hydroxyl groups is 1. The van der Waals surface area contributed by atoms with Gasteiger partial charge in [0.15, 0.2) is 6.17 Å². The first-order chi connectivity index (χ1) is 18.8. The van der Waals surface area contributed by atoms with E-state index in [4.69, 9.17) is 6.57 Å². The van der Waals surface area contributed by atoms with Crippen LogP contribution in [0.15, 0.2) is 35.7 Å². The lowest BCUT2D eigenvalue weighted by Gasteiger charge is -2.35. The van der Waals surface area contributed by atoms with Gasteiger partial charge in [-0.25, -0.2) is 11.0 Å². The van der Waals surface area contributed by atoms with E-state index in [1.54, 1.807) is 32.1 Å². The van der Waals surface area contributed by atoms with Gasteiger partial charge in [-0.2, -0.15) is 0 Å². The van der Waals surface area contributed by atoms with Gasteiger partial charge >= 0.3 is 11.4 Å². The molecule has 3 amide bonds. The summed E-state index contributed by atoms with van der Waals surface area (Å²) in [6.45, 7) is 16.2. The fourth-order valence-electron chi connectivity index (χ4n) is 5.11. The molecule has 0 spiro atoms. The molecule has 2 heterocycles. The molecule has 1 aromatic carbocycles. The fraction of sp³-hybridized carbons (Fsp3) is 0.533. The van der Waals surface area contributed by atoms with Crippen molar-refractivity contribution in [1.82, 2.24) is 15.5 Å². The van der Waals surface area contributed by atoms with Crippen LogP contribution in [0.5, 0.6) is 0 Å². The van der Waals surface area contributed by atoms with Gasteiger partial charge in [-0.15, -0.1) is 11.3 Å². The van der Waals surface area contributed by atoms with E-state index in [0.29, 0.717) is 19.3 Å². The number of benzene rings is 1. The molecule has 1 aliphatic heterocycles. The number of carbonyl (C=O) groups is 3. The minimum absolute atomic E-state index is 0.375. The van der Waals surface area contributed by atoms with E-state index < -0.39 is 59.1 Å². The van der Waals surface area contributed by atoms with Crippen LogP contribution < -0.4 is 10.6 Å². The summed E-state index contributed by atoms with van der Waals surface area (Å²) >= 11 is 1.65. The second-order valence-corrected chi connectivity index (χ2v) is 12.8. The Bertz CT molecular complexity index is 1310. The standard InChI is InChI=1S/C30H37FN4O4S/c1-7-20(18-8-10-19(11-9-18)24-17(2)12-15-40-24)33-26(37)23-22(31)21(36)16-35(23)27(38)25(29(3,4)5)34-28(39)30(32-6)13-14-30/h8-12,15,20-23,25,36H,7,13-14,16H2,1-5H3,(H,33,37)(H,34,39)/t20-,21-,22-,23-,25+/m0/s1. The topological polar surface area (TPSA) is 103 Å². The molecular weight excluding hydrogens is 531 g/mol. The lowest BCUT2D eigenvalue weighted by Crippen LogP contribution is -2.60. The number of hydrogen-bond donors (Lipinski definition) is 3. The number of aliphatic hydroxyl groups excluding tert-OH is 1. The number of thiophene rings is 1. The molecule has 2 aliphatic rings. The SMILES string of the molecule is [C-]#[N+]C1(C(=O)N[C@H](C(=O)N2C[C@H](O)[C@H](F)[C@H]2C(=O)N[C@@H](CC)c2ccc(-c3sccc3C)cc2)C(C)(C)C)CC1. The van der Waals surface area contributed by atoms with Crippen molar-refractivity contribution in [3.05, 3.63) is 58.3 Å². The highest BCUT2D eigenvalue weighted by Gasteiger charge is 2.60. The molecule has 214 valence electrons. The number of aryl methyl sites for hydroxylation is 1. The molecule has 0 bridgehead atoms. The lowest BCUT2D eigenvalue weighted by atomic mass is 9.85. The number of rotatable bonds is 8. The van der Waals surface area contributed by atoms with E-state index in [1.807, 2.05) is 36.6 Å². The first-order valence-corrected chi connectivity index (χ1v) is 14.5. The van der Waals surface area contributed by atoms with Crippen LogP contribution in [-0.4, -0.2) is 64.2 Å². The van der Waals surface area contributed by atoms with Gasteiger partial charge in [-0.1, -0.05) is 52.0 Å². The summed E-state index contributed by atoms with van der Waals surface area (Å²) in [6.07, 6.45) is -2.16. The molecule has 2 aromatic rings. The summed E-state index contributed by atoms with van der Waals surface area (Å²) in [5.74, 6) is -1.91. The van der Waals surface area contributed by atoms with E-state index in [2.05, 4.69) is 28.5 Å². The zero-order chi connectivity index (χ0) is 29.4. The third-order valence-corrected chi connectivity index (χ3v) is 8.92. The van der Waals surface area contributed by atoms with E-state index >= 15 is 4.39 Å². The third kappa shape index (κ3) is 5.77. The van der Waals surface area contributed by atoms with Crippen LogP contribution in [-0.2, 0) is 14.4 Å². The third-order valence-electron chi connectivity index (χ3n) is 7.85. The Morgan fingerprint density at radius 3 is 2.35 bits per heavy atom. The number of amides is 3. The summed E-state index contributed by atoms with van der Waals surface area (Å²) < 4.78 is 15.3. The summed E-state index contributed by atoms with van der Waals surface area (Å²) in [5, 5.41) is 18.0. The van der Waals surface area contributed by atoms with Crippen molar-refractivity contribution in [3.8, 4) is 10.4 Å². The van der Waals surface area contributed by atoms with E-state index in [9.17, 15) is 19.5 Å². The number of carbonyl (C=O) groups excluding carboxylic acids is 3. The van der Waals surface area contributed by atoms with Crippen LogP contribution in [0.25, 0.3) is 15.3 Å². The van der Waals surface area contributed by atoms with E-state index in [1.165, 1.54) is 10.4 Å². The Morgan fingerprint density at radius 1 is 1.20 bits per heavy atom. The highest BCUT2D eigenvalue weighted by atomic mass is 32.1. The Balaban J connectivity index is 1.53. The van der Waals surface area contributed by atoms with Gasteiger partial charge in [0, 0.05) is 17.7 Å². The number of likely N-dealkylation sites (tertiary alicyclic amines) is 1. The number of alkyl halides is 1. The van der Waals surface area contributed by atoms with Crippen LogP contribution in [0.3, 0.4) is 0 Å². The van der Waals surface area contributed by atoms with Crippen LogP contribution in [0, 0.1) is 18.9 Å². The maximum Gasteiger partial charge on any atom is 0.309 e. The van der Waals surface area contributed by atoms with Gasteiger partial charge < -0.3 is 20.6 Å². The van der Waals surface area contributed by atoms with Gasteiger partial charge in [0.25, 0.3) is 0 Å². The Hall–Kier alpha value is -3.29. The number of halogens is 1. The molecule has 1 aliphatic carbocycles. The first-order valence-electron chi connectivity index (χ1n) is 13.6. The second kappa shape index (κ2) is 11.3. The molecule has 1 aromatic heterocycles. The highest BCUT2D eigenvalue weighted by molar-refractivity contribution is 7.13. The van der Waals surface area contributed by atoms with E-state index in [0.717, 1.165) is 16.0 Å². The lowest BCUT2D eigenvalue weighted by molar-refractivity contribution is -0.145. The second-order valence-electron chi connectivity index (χ2n) is 11.9. The van der Waals surface area contributed by atoms with Crippen molar-refractivity contribution < 1.29 is 23.9 Å². The zero-order valence-electron chi connectivity index (χ0n) is 23.5. The first kappa shape index (κ1) is 29.7. The molecule has 4 rings (SSSR count). The van der Waals surface area contributed by atoms with Crippen molar-refractivity contribution >= 4 is 29.1 Å². The average molecular weight is 569 g/mol. The van der Waals surface area contributed by atoms with Crippen LogP contribution >= 0.6 is 11.3 Å². The monoisotopic (exact) mass is 568 g/mol. The number of nitrogens with zero attached hydrogens (tertiary/aromatic N) is 2. The molecule has 10 heteroatoms. The van der Waals surface area contributed by atoms with Crippen LogP contribution in [0.1, 0.15) is 64.1 Å².